The number of hydrogen-bond acceptors (Lipinski definition) is 1. The average molecular weight is 638 g/mol. The molecule has 0 amide bonds. The number of benzene rings is 8. The molecular formula is C48H31NO. The van der Waals surface area contributed by atoms with Crippen molar-refractivity contribution < 1.29 is 4.42 Å². The molecule has 0 spiro atoms. The normalized spacial score (nSPS) is 11.6. The molecule has 0 aliphatic rings. The Balaban J connectivity index is 1.11. The highest BCUT2D eigenvalue weighted by atomic mass is 16.3. The van der Waals surface area contributed by atoms with Crippen LogP contribution in [0.25, 0.3) is 93.9 Å². The number of hydrogen-bond donors (Lipinski definition) is 0. The van der Waals surface area contributed by atoms with E-state index in [1.54, 1.807) is 0 Å². The van der Waals surface area contributed by atoms with Crippen LogP contribution in [0, 0.1) is 0 Å². The second-order valence-electron chi connectivity index (χ2n) is 13.0. The molecule has 2 heterocycles. The summed E-state index contributed by atoms with van der Waals surface area (Å²) < 4.78 is 8.76. The third-order valence-corrected chi connectivity index (χ3v) is 9.97. The van der Waals surface area contributed by atoms with Gasteiger partial charge in [0.05, 0.1) is 11.0 Å². The van der Waals surface area contributed by atoms with Crippen LogP contribution in [0.3, 0.4) is 0 Å². The zero-order valence-corrected chi connectivity index (χ0v) is 27.3. The molecular weight excluding hydrogens is 607 g/mol. The van der Waals surface area contributed by atoms with Crippen molar-refractivity contribution >= 4 is 43.7 Å². The lowest BCUT2D eigenvalue weighted by Crippen LogP contribution is -1.92. The summed E-state index contributed by atoms with van der Waals surface area (Å²) in [5.41, 5.74) is 14.9. The van der Waals surface area contributed by atoms with E-state index >= 15 is 0 Å². The van der Waals surface area contributed by atoms with E-state index in [-0.39, 0.29) is 0 Å². The van der Waals surface area contributed by atoms with Crippen molar-refractivity contribution in [3.63, 3.8) is 0 Å². The lowest BCUT2D eigenvalue weighted by molar-refractivity contribution is 0.669. The van der Waals surface area contributed by atoms with Gasteiger partial charge in [-0.2, -0.15) is 0 Å². The molecule has 2 nitrogen and oxygen atoms in total. The topological polar surface area (TPSA) is 18.1 Å². The van der Waals surface area contributed by atoms with Crippen molar-refractivity contribution in [2.24, 2.45) is 0 Å². The van der Waals surface area contributed by atoms with Crippen molar-refractivity contribution in [1.82, 2.24) is 4.57 Å². The minimum absolute atomic E-state index is 0.893. The molecule has 0 bridgehead atoms. The zero-order valence-electron chi connectivity index (χ0n) is 27.3. The van der Waals surface area contributed by atoms with Gasteiger partial charge in [-0.1, -0.05) is 115 Å². The van der Waals surface area contributed by atoms with Gasteiger partial charge in [0.1, 0.15) is 11.2 Å². The van der Waals surface area contributed by atoms with E-state index in [4.69, 9.17) is 4.42 Å². The van der Waals surface area contributed by atoms with Crippen molar-refractivity contribution in [2.45, 2.75) is 0 Å². The van der Waals surface area contributed by atoms with E-state index in [0.29, 0.717) is 0 Å². The minimum Gasteiger partial charge on any atom is -0.456 e. The molecule has 0 atom stereocenters. The van der Waals surface area contributed by atoms with Gasteiger partial charge in [-0.05, 0) is 117 Å². The fourth-order valence-corrected chi connectivity index (χ4v) is 7.53. The van der Waals surface area contributed by atoms with Gasteiger partial charge in [0, 0.05) is 27.2 Å². The first-order valence-electron chi connectivity index (χ1n) is 17.1. The van der Waals surface area contributed by atoms with Crippen LogP contribution in [0.4, 0.5) is 0 Å². The Morgan fingerprint density at radius 1 is 0.280 bits per heavy atom. The molecule has 0 saturated carbocycles. The maximum Gasteiger partial charge on any atom is 0.135 e. The maximum absolute atomic E-state index is 6.40. The zero-order chi connectivity index (χ0) is 33.0. The number of rotatable bonds is 5. The molecule has 0 N–H and O–H groups in total. The first kappa shape index (κ1) is 28.4. The molecule has 2 heteroatoms. The average Bonchev–Trinajstić information content (AvgIpc) is 3.73. The molecule has 0 aliphatic carbocycles. The summed E-state index contributed by atoms with van der Waals surface area (Å²) >= 11 is 0. The monoisotopic (exact) mass is 637 g/mol. The quantitative estimate of drug-likeness (QED) is 0.184. The molecule has 8 aromatic carbocycles. The molecule has 0 aliphatic heterocycles. The van der Waals surface area contributed by atoms with Crippen LogP contribution in [0.1, 0.15) is 0 Å². The third kappa shape index (κ3) is 4.73. The SMILES string of the molecule is c1ccc(-c2cc(-c3ccccc3)cc(-c3ccc4oc5ccc(-c6ccc7c(c6)c6ccccc6n7-c6ccccc6)cc5c4c3)c2)cc1. The van der Waals surface area contributed by atoms with Crippen LogP contribution in [0.2, 0.25) is 0 Å². The fraction of sp³-hybridized carbons (Fsp3) is 0. The Labute approximate surface area is 290 Å². The highest BCUT2D eigenvalue weighted by molar-refractivity contribution is 6.11. The molecule has 10 rings (SSSR count). The summed E-state index contributed by atoms with van der Waals surface area (Å²) in [6, 6.07) is 67.5. The van der Waals surface area contributed by atoms with Crippen LogP contribution in [-0.2, 0) is 0 Å². The molecule has 0 saturated heterocycles. The first-order chi connectivity index (χ1) is 24.8. The van der Waals surface area contributed by atoms with Crippen LogP contribution >= 0.6 is 0 Å². The largest absolute Gasteiger partial charge is 0.456 e. The fourth-order valence-electron chi connectivity index (χ4n) is 7.53. The second kappa shape index (κ2) is 11.5. The predicted molar refractivity (Wildman–Crippen MR) is 210 cm³/mol. The Morgan fingerprint density at radius 2 is 0.720 bits per heavy atom. The maximum atomic E-state index is 6.40. The van der Waals surface area contributed by atoms with Gasteiger partial charge >= 0.3 is 0 Å². The van der Waals surface area contributed by atoms with Crippen molar-refractivity contribution in [3.8, 4) is 50.2 Å². The smallest absolute Gasteiger partial charge is 0.135 e. The van der Waals surface area contributed by atoms with Gasteiger partial charge < -0.3 is 8.98 Å². The lowest BCUT2D eigenvalue weighted by Gasteiger charge is -2.11. The lowest BCUT2D eigenvalue weighted by atomic mass is 9.93. The summed E-state index contributed by atoms with van der Waals surface area (Å²) in [5, 5.41) is 4.73. The van der Waals surface area contributed by atoms with Gasteiger partial charge in [0.2, 0.25) is 0 Å². The second-order valence-corrected chi connectivity index (χ2v) is 13.0. The van der Waals surface area contributed by atoms with Gasteiger partial charge in [-0.25, -0.2) is 0 Å². The Bertz CT molecular complexity index is 2790. The molecule has 0 unspecified atom stereocenters. The molecule has 50 heavy (non-hydrogen) atoms. The Morgan fingerprint density at radius 3 is 1.32 bits per heavy atom. The van der Waals surface area contributed by atoms with E-state index in [1.807, 2.05) is 0 Å². The first-order valence-corrected chi connectivity index (χ1v) is 17.1. The summed E-state index contributed by atoms with van der Waals surface area (Å²) in [4.78, 5) is 0. The number of nitrogens with zero attached hydrogens (tertiary/aromatic N) is 1. The predicted octanol–water partition coefficient (Wildman–Crippen LogP) is 13.4. The minimum atomic E-state index is 0.893. The summed E-state index contributed by atoms with van der Waals surface area (Å²) in [5.74, 6) is 0. The van der Waals surface area contributed by atoms with Crippen molar-refractivity contribution in [1.29, 1.82) is 0 Å². The highest BCUT2D eigenvalue weighted by Gasteiger charge is 2.15. The van der Waals surface area contributed by atoms with Gasteiger partial charge in [0.25, 0.3) is 0 Å². The van der Waals surface area contributed by atoms with Crippen LogP contribution in [0.5, 0.6) is 0 Å². The van der Waals surface area contributed by atoms with Crippen LogP contribution < -0.4 is 0 Å². The molecule has 2 aromatic heterocycles. The number of furan rings is 1. The summed E-state index contributed by atoms with van der Waals surface area (Å²) in [7, 11) is 0. The van der Waals surface area contributed by atoms with E-state index in [1.165, 1.54) is 66.4 Å². The van der Waals surface area contributed by atoms with Gasteiger partial charge in [0.15, 0.2) is 0 Å². The van der Waals surface area contributed by atoms with Crippen molar-refractivity contribution in [3.05, 3.63) is 188 Å². The van der Waals surface area contributed by atoms with E-state index in [2.05, 4.69) is 193 Å². The van der Waals surface area contributed by atoms with Gasteiger partial charge in [-0.15, -0.1) is 0 Å². The van der Waals surface area contributed by atoms with E-state index < -0.39 is 0 Å². The highest BCUT2D eigenvalue weighted by Crippen LogP contribution is 2.39. The number of aromatic nitrogens is 1. The Kier molecular flexibility index (Phi) is 6.53. The van der Waals surface area contributed by atoms with Crippen molar-refractivity contribution in [2.75, 3.05) is 0 Å². The third-order valence-electron chi connectivity index (χ3n) is 9.97. The summed E-state index contributed by atoms with van der Waals surface area (Å²) in [6.45, 7) is 0. The molecule has 10 aromatic rings. The standard InChI is InChI=1S/C48H31NO/c1-4-12-32(13-5-1)37-26-38(33-14-6-2-7-15-33)28-39(27-37)36-22-25-48-44(31-36)43-30-35(21-24-47(43)50-48)34-20-23-46-42(29-34)41-18-10-11-19-45(41)49(46)40-16-8-3-9-17-40/h1-31H. The van der Waals surface area contributed by atoms with Crippen LogP contribution in [-0.4, -0.2) is 4.57 Å². The van der Waals surface area contributed by atoms with Gasteiger partial charge in [-0.3, -0.25) is 0 Å². The van der Waals surface area contributed by atoms with E-state index in [9.17, 15) is 0 Å². The number of fused-ring (bicyclic) bond motifs is 6. The molecule has 0 fully saturated rings. The summed E-state index contributed by atoms with van der Waals surface area (Å²) in [6.07, 6.45) is 0. The van der Waals surface area contributed by atoms with Crippen LogP contribution in [0.15, 0.2) is 192 Å². The number of para-hydroxylation sites is 2. The molecule has 0 radical (unpaired) electrons. The molecule has 234 valence electrons. The Hall–Kier alpha value is -6.64. The van der Waals surface area contributed by atoms with E-state index in [0.717, 1.165) is 27.5 Å².